The van der Waals surface area contributed by atoms with Crippen LogP contribution >= 0.6 is 0 Å². The van der Waals surface area contributed by atoms with Crippen molar-refractivity contribution in [2.24, 2.45) is 0 Å². The van der Waals surface area contributed by atoms with Gasteiger partial charge in [-0.05, 0) is 48.5 Å². The van der Waals surface area contributed by atoms with E-state index in [-0.39, 0.29) is 47.7 Å². The second kappa shape index (κ2) is 8.41. The molecular formula is C19H19N3O6S. The van der Waals surface area contributed by atoms with Crippen LogP contribution in [0, 0.1) is 0 Å². The Morgan fingerprint density at radius 2 is 1.72 bits per heavy atom. The van der Waals surface area contributed by atoms with Crippen LogP contribution in [0.2, 0.25) is 0 Å². The van der Waals surface area contributed by atoms with E-state index in [1.165, 1.54) is 43.3 Å². The van der Waals surface area contributed by atoms with Crippen LogP contribution in [-0.4, -0.2) is 50.1 Å². The molecule has 1 heterocycles. The van der Waals surface area contributed by atoms with E-state index in [1.54, 1.807) is 12.1 Å². The van der Waals surface area contributed by atoms with Gasteiger partial charge in [-0.1, -0.05) is 0 Å². The van der Waals surface area contributed by atoms with Crippen LogP contribution in [-0.2, 0) is 19.6 Å². The topological polar surface area (TPSA) is 122 Å². The summed E-state index contributed by atoms with van der Waals surface area (Å²) in [6.45, 7) is 1.59. The lowest BCUT2D eigenvalue weighted by Gasteiger charge is -2.25. The van der Waals surface area contributed by atoms with Crippen molar-refractivity contribution in [2.75, 3.05) is 25.0 Å². The van der Waals surface area contributed by atoms with Gasteiger partial charge in [-0.2, -0.15) is 4.31 Å². The summed E-state index contributed by atoms with van der Waals surface area (Å²) >= 11 is 0. The lowest BCUT2D eigenvalue weighted by molar-refractivity contribution is -0.122. The van der Waals surface area contributed by atoms with Crippen molar-refractivity contribution in [3.05, 3.63) is 54.1 Å². The smallest absolute Gasteiger partial charge is 0.343 e. The van der Waals surface area contributed by atoms with E-state index in [0.717, 1.165) is 4.31 Å². The molecule has 0 saturated carbocycles. The third-order valence-corrected chi connectivity index (χ3v) is 5.98. The highest BCUT2D eigenvalue weighted by Gasteiger charge is 2.29. The van der Waals surface area contributed by atoms with Gasteiger partial charge in [0.15, 0.2) is 0 Å². The first-order valence-corrected chi connectivity index (χ1v) is 10.2. The van der Waals surface area contributed by atoms with E-state index in [4.69, 9.17) is 4.74 Å². The molecular weight excluding hydrogens is 398 g/mol. The SMILES string of the molecule is CC(=O)Nc1ccc(OC(=O)c2ccc(S(=O)(=O)N3CCNC(=O)C3)cc2)cc1. The van der Waals surface area contributed by atoms with Crippen molar-refractivity contribution in [3.8, 4) is 5.75 Å². The predicted octanol–water partition coefficient (Wildman–Crippen LogP) is 0.985. The van der Waals surface area contributed by atoms with Crippen molar-refractivity contribution < 1.29 is 27.5 Å². The van der Waals surface area contributed by atoms with Crippen LogP contribution in [0.1, 0.15) is 17.3 Å². The predicted molar refractivity (Wildman–Crippen MR) is 104 cm³/mol. The maximum atomic E-state index is 12.6. The number of nitrogens with one attached hydrogen (secondary N) is 2. The first-order chi connectivity index (χ1) is 13.8. The third-order valence-electron chi connectivity index (χ3n) is 4.12. The molecule has 2 aromatic rings. The van der Waals surface area contributed by atoms with Gasteiger partial charge in [0.25, 0.3) is 0 Å². The van der Waals surface area contributed by atoms with E-state index < -0.39 is 16.0 Å². The summed E-state index contributed by atoms with van der Waals surface area (Å²) in [7, 11) is -3.83. The fourth-order valence-electron chi connectivity index (χ4n) is 2.71. The van der Waals surface area contributed by atoms with Crippen molar-refractivity contribution in [2.45, 2.75) is 11.8 Å². The molecule has 2 amide bonds. The maximum absolute atomic E-state index is 12.6. The molecule has 0 bridgehead atoms. The number of sulfonamides is 1. The van der Waals surface area contributed by atoms with E-state index >= 15 is 0 Å². The standard InChI is InChI=1S/C19H19N3O6S/c1-13(23)21-15-4-6-16(7-5-15)28-19(25)14-2-8-17(9-3-14)29(26,27)22-11-10-20-18(24)12-22/h2-9H,10-12H2,1H3,(H,20,24)(H,21,23). The van der Waals surface area contributed by atoms with Crippen LogP contribution in [0.5, 0.6) is 5.75 Å². The van der Waals surface area contributed by atoms with Gasteiger partial charge in [0.05, 0.1) is 17.0 Å². The minimum Gasteiger partial charge on any atom is -0.423 e. The van der Waals surface area contributed by atoms with Gasteiger partial charge >= 0.3 is 5.97 Å². The van der Waals surface area contributed by atoms with Crippen LogP contribution < -0.4 is 15.4 Å². The summed E-state index contributed by atoms with van der Waals surface area (Å²) in [5, 5.41) is 5.17. The average molecular weight is 417 g/mol. The average Bonchev–Trinajstić information content (AvgIpc) is 2.69. The number of carbonyl (C=O) groups is 3. The van der Waals surface area contributed by atoms with Gasteiger partial charge in [0.1, 0.15) is 5.75 Å². The number of hydrogen-bond acceptors (Lipinski definition) is 6. The highest BCUT2D eigenvalue weighted by Crippen LogP contribution is 2.20. The molecule has 10 heteroatoms. The van der Waals surface area contributed by atoms with Gasteiger partial charge in [0.2, 0.25) is 21.8 Å². The fraction of sp³-hybridized carbons (Fsp3) is 0.211. The second-order valence-corrected chi connectivity index (χ2v) is 8.25. The summed E-state index contributed by atoms with van der Waals surface area (Å²) in [4.78, 5) is 34.7. The van der Waals surface area contributed by atoms with E-state index in [1.807, 2.05) is 0 Å². The molecule has 0 spiro atoms. The summed E-state index contributed by atoms with van der Waals surface area (Å²) < 4.78 is 31.6. The summed E-state index contributed by atoms with van der Waals surface area (Å²) in [5.74, 6) is -0.946. The zero-order valence-electron chi connectivity index (χ0n) is 15.5. The van der Waals surface area contributed by atoms with Gasteiger partial charge in [-0.15, -0.1) is 0 Å². The Hall–Kier alpha value is -3.24. The normalized spacial score (nSPS) is 14.7. The second-order valence-electron chi connectivity index (χ2n) is 6.31. The summed E-state index contributed by atoms with van der Waals surface area (Å²) in [6, 6.07) is 11.6. The molecule has 1 aliphatic heterocycles. The first kappa shape index (κ1) is 20.5. The van der Waals surface area contributed by atoms with Gasteiger partial charge in [0, 0.05) is 25.7 Å². The largest absolute Gasteiger partial charge is 0.423 e. The van der Waals surface area contributed by atoms with E-state index in [2.05, 4.69) is 10.6 Å². The summed E-state index contributed by atoms with van der Waals surface area (Å²) in [6.07, 6.45) is 0. The van der Waals surface area contributed by atoms with Crippen molar-refractivity contribution >= 4 is 33.5 Å². The monoisotopic (exact) mass is 417 g/mol. The molecule has 0 atom stereocenters. The first-order valence-electron chi connectivity index (χ1n) is 8.72. The number of hydrogen-bond donors (Lipinski definition) is 2. The minimum atomic E-state index is -3.83. The molecule has 0 aliphatic carbocycles. The number of nitrogens with zero attached hydrogens (tertiary/aromatic N) is 1. The van der Waals surface area contributed by atoms with Gasteiger partial charge in [-0.3, -0.25) is 9.59 Å². The molecule has 1 saturated heterocycles. The zero-order valence-corrected chi connectivity index (χ0v) is 16.4. The number of anilines is 1. The van der Waals surface area contributed by atoms with Crippen molar-refractivity contribution in [1.82, 2.24) is 9.62 Å². The van der Waals surface area contributed by atoms with Crippen LogP contribution in [0.3, 0.4) is 0 Å². The Kier molecular flexibility index (Phi) is 5.95. The number of ether oxygens (including phenoxy) is 1. The van der Waals surface area contributed by atoms with Crippen molar-refractivity contribution in [3.63, 3.8) is 0 Å². The quantitative estimate of drug-likeness (QED) is 0.553. The minimum absolute atomic E-state index is 0.0107. The Balaban J connectivity index is 1.68. The molecule has 0 radical (unpaired) electrons. The Morgan fingerprint density at radius 3 is 2.31 bits per heavy atom. The van der Waals surface area contributed by atoms with Crippen LogP contribution in [0.4, 0.5) is 5.69 Å². The molecule has 2 N–H and O–H groups in total. The molecule has 0 aromatic heterocycles. The molecule has 29 heavy (non-hydrogen) atoms. The molecule has 152 valence electrons. The van der Waals surface area contributed by atoms with Crippen molar-refractivity contribution in [1.29, 1.82) is 0 Å². The number of rotatable bonds is 5. The highest BCUT2D eigenvalue weighted by molar-refractivity contribution is 7.89. The Morgan fingerprint density at radius 1 is 1.07 bits per heavy atom. The van der Waals surface area contributed by atoms with E-state index in [0.29, 0.717) is 5.69 Å². The molecule has 1 aliphatic rings. The van der Waals surface area contributed by atoms with Crippen LogP contribution in [0.15, 0.2) is 53.4 Å². The summed E-state index contributed by atoms with van der Waals surface area (Å²) in [5.41, 5.74) is 0.740. The molecule has 1 fully saturated rings. The highest BCUT2D eigenvalue weighted by atomic mass is 32.2. The molecule has 3 rings (SSSR count). The zero-order chi connectivity index (χ0) is 21.0. The molecule has 9 nitrogen and oxygen atoms in total. The number of benzene rings is 2. The third kappa shape index (κ3) is 4.98. The Bertz CT molecular complexity index is 1030. The number of amides is 2. The number of piperazine rings is 1. The number of carbonyl (C=O) groups excluding carboxylic acids is 3. The number of esters is 1. The fourth-order valence-corrected chi connectivity index (χ4v) is 4.10. The van der Waals surface area contributed by atoms with Gasteiger partial charge < -0.3 is 15.4 Å². The Labute approximate surface area is 167 Å². The van der Waals surface area contributed by atoms with Gasteiger partial charge in [-0.25, -0.2) is 13.2 Å². The van der Waals surface area contributed by atoms with E-state index in [9.17, 15) is 22.8 Å². The van der Waals surface area contributed by atoms with Crippen LogP contribution in [0.25, 0.3) is 0 Å². The maximum Gasteiger partial charge on any atom is 0.343 e. The molecule has 2 aromatic carbocycles. The lowest BCUT2D eigenvalue weighted by atomic mass is 10.2. The lowest BCUT2D eigenvalue weighted by Crippen LogP contribution is -2.49. The molecule has 0 unspecified atom stereocenters.